The van der Waals surface area contributed by atoms with Crippen molar-refractivity contribution in [3.63, 3.8) is 0 Å². The Hall–Kier alpha value is -2.82. The van der Waals surface area contributed by atoms with Crippen molar-refractivity contribution in [1.82, 2.24) is 14.9 Å². The lowest BCUT2D eigenvalue weighted by Crippen LogP contribution is -2.30. The molecule has 0 fully saturated rings. The van der Waals surface area contributed by atoms with Crippen molar-refractivity contribution < 1.29 is 9.53 Å². The van der Waals surface area contributed by atoms with Gasteiger partial charge in [-0.05, 0) is 48.2 Å². The number of fused-ring (bicyclic) bond motifs is 2. The maximum absolute atomic E-state index is 11.7. The lowest BCUT2D eigenvalue weighted by molar-refractivity contribution is -0.129. The van der Waals surface area contributed by atoms with Crippen LogP contribution in [0.15, 0.2) is 36.4 Å². The van der Waals surface area contributed by atoms with Gasteiger partial charge in [0, 0.05) is 19.0 Å². The van der Waals surface area contributed by atoms with Crippen LogP contribution in [0.25, 0.3) is 22.2 Å². The van der Waals surface area contributed by atoms with E-state index < -0.39 is 0 Å². The number of aryl methyl sites for hydroxylation is 1. The minimum absolute atomic E-state index is 0.0752. The molecule has 1 amide bonds. The number of nitrogens with zero attached hydrogens (tertiary/aromatic N) is 2. The molecule has 2 aromatic carbocycles. The summed E-state index contributed by atoms with van der Waals surface area (Å²) in [7, 11) is 0. The first-order chi connectivity index (χ1) is 15.9. The molecule has 1 aromatic heterocycles. The first kappa shape index (κ1) is 26.4. The van der Waals surface area contributed by atoms with Crippen molar-refractivity contribution in [3.8, 4) is 16.9 Å². The van der Waals surface area contributed by atoms with Crippen LogP contribution in [-0.4, -0.2) is 33.9 Å². The highest BCUT2D eigenvalue weighted by Crippen LogP contribution is 2.30. The molecule has 0 spiro atoms. The van der Waals surface area contributed by atoms with E-state index in [0.717, 1.165) is 45.2 Å². The number of hydrogen-bond acceptors (Lipinski definition) is 3. The third kappa shape index (κ3) is 7.62. The Morgan fingerprint density at radius 3 is 2.48 bits per heavy atom. The summed E-state index contributed by atoms with van der Waals surface area (Å²) in [6.45, 7) is 16.1. The average molecular weight is 452 g/mol. The van der Waals surface area contributed by atoms with Crippen LogP contribution in [0.2, 0.25) is 0 Å². The predicted molar refractivity (Wildman–Crippen MR) is 139 cm³/mol. The van der Waals surface area contributed by atoms with E-state index in [1.165, 1.54) is 19.3 Å². The lowest BCUT2D eigenvalue weighted by atomic mass is 10.0. The molecule has 0 atom stereocenters. The third-order valence-corrected chi connectivity index (χ3v) is 5.55. The normalized spacial score (nSPS) is 12.7. The number of benzene rings is 2. The molecule has 4 rings (SSSR count). The van der Waals surface area contributed by atoms with Crippen molar-refractivity contribution in [1.29, 1.82) is 0 Å². The molecule has 2 heterocycles. The summed E-state index contributed by atoms with van der Waals surface area (Å²) in [6, 6.07) is 12.4. The Bertz CT molecular complexity index is 1020. The molecule has 1 aliphatic rings. The van der Waals surface area contributed by atoms with Crippen molar-refractivity contribution in [2.24, 2.45) is 5.92 Å². The molecular weight excluding hydrogens is 410 g/mol. The van der Waals surface area contributed by atoms with Gasteiger partial charge in [0.1, 0.15) is 18.2 Å². The average Bonchev–Trinajstić information content (AvgIpc) is 3.04. The van der Waals surface area contributed by atoms with Gasteiger partial charge in [0.2, 0.25) is 5.91 Å². The van der Waals surface area contributed by atoms with Crippen LogP contribution in [0, 0.1) is 12.8 Å². The zero-order chi connectivity index (χ0) is 24.4. The van der Waals surface area contributed by atoms with Crippen molar-refractivity contribution >= 4 is 16.9 Å². The number of aromatic nitrogens is 2. The fraction of sp³-hybridized carbons (Fsp3) is 0.500. The van der Waals surface area contributed by atoms with Gasteiger partial charge >= 0.3 is 0 Å². The number of aromatic amines is 1. The van der Waals surface area contributed by atoms with E-state index in [1.807, 2.05) is 37.8 Å². The van der Waals surface area contributed by atoms with Gasteiger partial charge in [-0.25, -0.2) is 4.98 Å². The first-order valence-corrected chi connectivity index (χ1v) is 12.3. The summed E-state index contributed by atoms with van der Waals surface area (Å²) >= 11 is 0. The first-order valence-electron chi connectivity index (χ1n) is 12.3. The van der Waals surface area contributed by atoms with Gasteiger partial charge in [-0.2, -0.15) is 0 Å². The fourth-order valence-corrected chi connectivity index (χ4v) is 3.77. The SMILES string of the molecule is CC.CC(=O)N1CCOc2ccc(-c3ccc4nc(C)[nH]c4c3)cc2C1.CCCCC(C)C. The van der Waals surface area contributed by atoms with Gasteiger partial charge in [0.15, 0.2) is 0 Å². The molecule has 3 aromatic rings. The maximum atomic E-state index is 11.7. The van der Waals surface area contributed by atoms with E-state index in [2.05, 4.69) is 55.0 Å². The Labute approximate surface area is 199 Å². The van der Waals surface area contributed by atoms with Crippen LogP contribution in [0.1, 0.15) is 72.2 Å². The molecule has 180 valence electrons. The summed E-state index contributed by atoms with van der Waals surface area (Å²) in [5.74, 6) is 2.75. The molecule has 0 saturated heterocycles. The molecule has 33 heavy (non-hydrogen) atoms. The predicted octanol–water partition coefficient (Wildman–Crippen LogP) is 7.14. The van der Waals surface area contributed by atoms with Gasteiger partial charge in [-0.3, -0.25) is 4.79 Å². The highest BCUT2D eigenvalue weighted by molar-refractivity contribution is 5.82. The van der Waals surface area contributed by atoms with E-state index in [0.29, 0.717) is 19.7 Å². The number of imidazole rings is 1. The van der Waals surface area contributed by atoms with Crippen LogP contribution in [0.3, 0.4) is 0 Å². The van der Waals surface area contributed by atoms with Crippen LogP contribution in [0.5, 0.6) is 5.75 Å². The third-order valence-electron chi connectivity index (χ3n) is 5.55. The molecule has 5 nitrogen and oxygen atoms in total. The van der Waals surface area contributed by atoms with E-state index in [1.54, 1.807) is 6.92 Å². The Kier molecular flexibility index (Phi) is 10.4. The number of H-pyrrole nitrogens is 1. The minimum atomic E-state index is 0.0752. The molecule has 1 N–H and O–H groups in total. The summed E-state index contributed by atoms with van der Waals surface area (Å²) < 4.78 is 5.78. The smallest absolute Gasteiger partial charge is 0.219 e. The zero-order valence-corrected chi connectivity index (χ0v) is 21.5. The molecule has 0 bridgehead atoms. The lowest BCUT2D eigenvalue weighted by Gasteiger charge is -2.17. The number of rotatable bonds is 4. The number of carbonyl (C=O) groups is 1. The Balaban J connectivity index is 0.000000370. The summed E-state index contributed by atoms with van der Waals surface area (Å²) in [4.78, 5) is 21.3. The zero-order valence-electron chi connectivity index (χ0n) is 21.5. The standard InChI is InChI=1S/C19H19N3O2.C7H16.C2H6/c1-12-20-17-5-3-15(10-18(17)21-12)14-4-6-19-16(9-14)11-22(13(2)23)7-8-24-19;1-4-5-6-7(2)3;1-2/h3-6,9-10H,7-8,11H2,1-2H3,(H,20,21);7H,4-6H2,1-3H3;1-2H3. The van der Waals surface area contributed by atoms with Crippen molar-refractivity contribution in [2.75, 3.05) is 13.2 Å². The summed E-state index contributed by atoms with van der Waals surface area (Å²) in [6.07, 6.45) is 4.15. The highest BCUT2D eigenvalue weighted by atomic mass is 16.5. The van der Waals surface area contributed by atoms with E-state index >= 15 is 0 Å². The van der Waals surface area contributed by atoms with Gasteiger partial charge in [0.05, 0.1) is 17.6 Å². The second-order valence-electron chi connectivity index (χ2n) is 8.70. The van der Waals surface area contributed by atoms with E-state index in [-0.39, 0.29) is 5.91 Å². The highest BCUT2D eigenvalue weighted by Gasteiger charge is 2.18. The van der Waals surface area contributed by atoms with Crippen LogP contribution < -0.4 is 4.74 Å². The molecular formula is C28H41N3O2. The number of amides is 1. The quantitative estimate of drug-likeness (QED) is 0.459. The molecule has 5 heteroatoms. The molecule has 0 unspecified atom stereocenters. The van der Waals surface area contributed by atoms with Crippen molar-refractivity contribution in [2.45, 2.75) is 74.3 Å². The topological polar surface area (TPSA) is 58.2 Å². The fourth-order valence-electron chi connectivity index (χ4n) is 3.77. The van der Waals surface area contributed by atoms with E-state index in [9.17, 15) is 4.79 Å². The second kappa shape index (κ2) is 13.0. The molecule has 1 aliphatic heterocycles. The summed E-state index contributed by atoms with van der Waals surface area (Å²) in [5.41, 5.74) is 5.27. The Morgan fingerprint density at radius 1 is 1.15 bits per heavy atom. The van der Waals surface area contributed by atoms with Crippen LogP contribution in [-0.2, 0) is 11.3 Å². The van der Waals surface area contributed by atoms with Gasteiger partial charge in [-0.15, -0.1) is 0 Å². The van der Waals surface area contributed by atoms with Crippen LogP contribution in [0.4, 0.5) is 0 Å². The minimum Gasteiger partial charge on any atom is -0.491 e. The van der Waals surface area contributed by atoms with Gasteiger partial charge < -0.3 is 14.6 Å². The Morgan fingerprint density at radius 2 is 1.85 bits per heavy atom. The summed E-state index contributed by atoms with van der Waals surface area (Å²) in [5, 5.41) is 0. The number of unbranched alkanes of at least 4 members (excludes halogenated alkanes) is 1. The van der Waals surface area contributed by atoms with E-state index in [4.69, 9.17) is 4.74 Å². The largest absolute Gasteiger partial charge is 0.491 e. The number of hydrogen-bond donors (Lipinski definition) is 1. The van der Waals surface area contributed by atoms with Gasteiger partial charge in [0.25, 0.3) is 0 Å². The number of carbonyl (C=O) groups excluding carboxylic acids is 1. The van der Waals surface area contributed by atoms with Crippen LogP contribution >= 0.6 is 0 Å². The monoisotopic (exact) mass is 451 g/mol. The molecule has 0 saturated carbocycles. The molecule has 0 aliphatic carbocycles. The number of ether oxygens (including phenoxy) is 1. The molecule has 0 radical (unpaired) electrons. The maximum Gasteiger partial charge on any atom is 0.219 e. The number of nitrogens with one attached hydrogen (secondary N) is 1. The van der Waals surface area contributed by atoms with Crippen molar-refractivity contribution in [3.05, 3.63) is 47.8 Å². The van der Waals surface area contributed by atoms with Gasteiger partial charge in [-0.1, -0.05) is 66.0 Å². The second-order valence-corrected chi connectivity index (χ2v) is 8.70.